The van der Waals surface area contributed by atoms with Crippen LogP contribution in [0.15, 0.2) is 18.2 Å². The van der Waals surface area contributed by atoms with Gasteiger partial charge in [0.05, 0.1) is 13.0 Å². The maximum atomic E-state index is 13.2. The van der Waals surface area contributed by atoms with E-state index >= 15 is 0 Å². The number of halogens is 3. The normalized spacial score (nSPS) is 24.7. The van der Waals surface area contributed by atoms with E-state index in [9.17, 15) is 13.2 Å². The van der Waals surface area contributed by atoms with Crippen LogP contribution in [0.2, 0.25) is 0 Å². The fourth-order valence-corrected chi connectivity index (χ4v) is 3.34. The van der Waals surface area contributed by atoms with Gasteiger partial charge in [0.15, 0.2) is 0 Å². The topological polar surface area (TPSA) is 35.2 Å². The molecule has 1 saturated carbocycles. The van der Waals surface area contributed by atoms with Crippen molar-refractivity contribution < 1.29 is 17.9 Å². The maximum Gasteiger partial charge on any atom is 0.392 e. The molecule has 0 aliphatic heterocycles. The first-order valence-electron chi connectivity index (χ1n) is 7.31. The first-order chi connectivity index (χ1) is 9.84. The molecule has 0 spiro atoms. The number of methoxy groups -OCH3 is 1. The predicted octanol–water partition coefficient (Wildman–Crippen LogP) is 4.37. The molecule has 1 aliphatic carbocycles. The first-order valence-corrected chi connectivity index (χ1v) is 7.31. The average molecular weight is 301 g/mol. The summed E-state index contributed by atoms with van der Waals surface area (Å²) in [6.45, 7) is 1.90. The molecule has 0 radical (unpaired) electrons. The number of ether oxygens (including phenoxy) is 1. The molecule has 21 heavy (non-hydrogen) atoms. The molecule has 2 nitrogen and oxygen atoms in total. The highest BCUT2D eigenvalue weighted by atomic mass is 19.4. The van der Waals surface area contributed by atoms with E-state index in [-0.39, 0.29) is 6.42 Å². The van der Waals surface area contributed by atoms with Gasteiger partial charge in [0.2, 0.25) is 0 Å². The van der Waals surface area contributed by atoms with Crippen molar-refractivity contribution in [2.45, 2.75) is 44.8 Å². The highest BCUT2D eigenvalue weighted by Gasteiger charge is 2.47. The van der Waals surface area contributed by atoms with E-state index in [1.54, 1.807) is 6.07 Å². The van der Waals surface area contributed by atoms with Crippen LogP contribution in [0.5, 0.6) is 5.75 Å². The summed E-state index contributed by atoms with van der Waals surface area (Å²) < 4.78 is 45.0. The van der Waals surface area contributed by atoms with Crippen molar-refractivity contribution in [1.82, 2.24) is 0 Å². The van der Waals surface area contributed by atoms with E-state index in [0.717, 1.165) is 12.0 Å². The van der Waals surface area contributed by atoms with E-state index < -0.39 is 24.1 Å². The van der Waals surface area contributed by atoms with Crippen LogP contribution in [0.3, 0.4) is 0 Å². The minimum atomic E-state index is -4.18. The van der Waals surface area contributed by atoms with E-state index in [2.05, 4.69) is 0 Å². The zero-order valence-corrected chi connectivity index (χ0v) is 12.4. The molecule has 0 heterocycles. The Morgan fingerprint density at radius 1 is 1.24 bits per heavy atom. The van der Waals surface area contributed by atoms with Crippen LogP contribution in [0.4, 0.5) is 13.2 Å². The number of rotatable bonds is 3. The van der Waals surface area contributed by atoms with E-state index in [0.29, 0.717) is 24.2 Å². The highest BCUT2D eigenvalue weighted by molar-refractivity contribution is 5.39. The number of aryl methyl sites for hydroxylation is 1. The fraction of sp³-hybridized carbons (Fsp3) is 0.625. The smallest absolute Gasteiger partial charge is 0.392 e. The van der Waals surface area contributed by atoms with Crippen molar-refractivity contribution in [3.05, 3.63) is 29.3 Å². The van der Waals surface area contributed by atoms with Crippen molar-refractivity contribution in [1.29, 1.82) is 0 Å². The van der Waals surface area contributed by atoms with Gasteiger partial charge < -0.3 is 10.5 Å². The van der Waals surface area contributed by atoms with Crippen molar-refractivity contribution in [3.63, 3.8) is 0 Å². The van der Waals surface area contributed by atoms with Gasteiger partial charge in [-0.2, -0.15) is 13.2 Å². The number of nitrogens with two attached hydrogens (primary N) is 1. The molecular formula is C16H22F3NO. The Balaban J connectivity index is 2.33. The summed E-state index contributed by atoms with van der Waals surface area (Å²) in [6.07, 6.45) is -2.06. The second-order valence-corrected chi connectivity index (χ2v) is 5.87. The molecule has 0 amide bonds. The minimum absolute atomic E-state index is 0.177. The van der Waals surface area contributed by atoms with Crippen LogP contribution < -0.4 is 10.5 Å². The van der Waals surface area contributed by atoms with Crippen LogP contribution in [0.25, 0.3) is 0 Å². The summed E-state index contributed by atoms with van der Waals surface area (Å²) in [5, 5.41) is 0. The summed E-state index contributed by atoms with van der Waals surface area (Å²) in [5.74, 6) is -1.32. The average Bonchev–Trinajstić information content (AvgIpc) is 2.45. The monoisotopic (exact) mass is 301 g/mol. The molecule has 0 saturated heterocycles. The van der Waals surface area contributed by atoms with Gasteiger partial charge in [-0.1, -0.05) is 30.5 Å². The van der Waals surface area contributed by atoms with E-state index in [1.807, 2.05) is 19.1 Å². The molecular weight excluding hydrogens is 279 g/mol. The Morgan fingerprint density at radius 3 is 2.52 bits per heavy atom. The lowest BCUT2D eigenvalue weighted by molar-refractivity contribution is -0.198. The van der Waals surface area contributed by atoms with Crippen LogP contribution in [0, 0.1) is 18.8 Å². The summed E-state index contributed by atoms with van der Waals surface area (Å²) in [7, 11) is 1.52. The molecule has 1 aliphatic rings. The molecule has 2 rings (SSSR count). The van der Waals surface area contributed by atoms with Gasteiger partial charge >= 0.3 is 6.18 Å². The van der Waals surface area contributed by atoms with E-state index in [4.69, 9.17) is 10.5 Å². The molecule has 5 heteroatoms. The Labute approximate surface area is 123 Å². The maximum absolute atomic E-state index is 13.2. The summed E-state index contributed by atoms with van der Waals surface area (Å²) >= 11 is 0. The highest BCUT2D eigenvalue weighted by Crippen LogP contribution is 2.47. The van der Waals surface area contributed by atoms with Gasteiger partial charge in [0.25, 0.3) is 0 Å². The predicted molar refractivity (Wildman–Crippen MR) is 76.2 cm³/mol. The SMILES string of the molecule is COc1ccc(C)cc1C(N)C1CCCCC1C(F)(F)F. The van der Waals surface area contributed by atoms with Gasteiger partial charge in [0, 0.05) is 11.6 Å². The van der Waals surface area contributed by atoms with Crippen LogP contribution in [0.1, 0.15) is 42.9 Å². The van der Waals surface area contributed by atoms with Crippen LogP contribution >= 0.6 is 0 Å². The van der Waals surface area contributed by atoms with Crippen molar-refractivity contribution in [3.8, 4) is 5.75 Å². The lowest BCUT2D eigenvalue weighted by Crippen LogP contribution is -2.39. The second-order valence-electron chi connectivity index (χ2n) is 5.87. The van der Waals surface area contributed by atoms with Gasteiger partial charge in [-0.25, -0.2) is 0 Å². The Bertz CT molecular complexity index is 487. The number of alkyl halides is 3. The molecule has 118 valence electrons. The van der Waals surface area contributed by atoms with Gasteiger partial charge in [-0.3, -0.25) is 0 Å². The second kappa shape index (κ2) is 6.26. The van der Waals surface area contributed by atoms with Crippen molar-refractivity contribution in [2.24, 2.45) is 17.6 Å². The third-order valence-electron chi connectivity index (χ3n) is 4.45. The summed E-state index contributed by atoms with van der Waals surface area (Å²) in [6, 6.07) is 4.84. The van der Waals surface area contributed by atoms with Crippen molar-refractivity contribution in [2.75, 3.05) is 7.11 Å². The molecule has 0 aromatic heterocycles. The molecule has 3 atom stereocenters. The summed E-state index contributed by atoms with van der Waals surface area (Å²) in [4.78, 5) is 0. The van der Waals surface area contributed by atoms with E-state index in [1.165, 1.54) is 7.11 Å². The minimum Gasteiger partial charge on any atom is -0.496 e. The molecule has 1 aromatic rings. The molecule has 1 fully saturated rings. The van der Waals surface area contributed by atoms with Crippen LogP contribution in [-0.4, -0.2) is 13.3 Å². The van der Waals surface area contributed by atoms with Crippen molar-refractivity contribution >= 4 is 0 Å². The zero-order valence-electron chi connectivity index (χ0n) is 12.4. The van der Waals surface area contributed by atoms with Gasteiger partial charge in [-0.15, -0.1) is 0 Å². The molecule has 3 unspecified atom stereocenters. The molecule has 1 aromatic carbocycles. The van der Waals surface area contributed by atoms with Gasteiger partial charge in [0.1, 0.15) is 5.75 Å². The molecule has 2 N–H and O–H groups in total. The first kappa shape index (κ1) is 16.1. The number of hydrogen-bond donors (Lipinski definition) is 1. The lowest BCUT2D eigenvalue weighted by Gasteiger charge is -2.37. The third kappa shape index (κ3) is 3.51. The molecule has 0 bridgehead atoms. The summed E-state index contributed by atoms with van der Waals surface area (Å²) in [5.41, 5.74) is 7.87. The Morgan fingerprint density at radius 2 is 1.90 bits per heavy atom. The van der Waals surface area contributed by atoms with Crippen LogP contribution in [-0.2, 0) is 0 Å². The largest absolute Gasteiger partial charge is 0.496 e. The zero-order chi connectivity index (χ0) is 15.6. The van der Waals surface area contributed by atoms with Gasteiger partial charge in [-0.05, 0) is 31.7 Å². The fourth-order valence-electron chi connectivity index (χ4n) is 3.34. The quantitative estimate of drug-likeness (QED) is 0.899. The standard InChI is InChI=1S/C16H22F3NO/c1-10-7-8-14(21-2)12(9-10)15(20)11-5-3-4-6-13(11)16(17,18)19/h7-9,11,13,15H,3-6,20H2,1-2H3. The Kier molecular flexibility index (Phi) is 4.81. The number of hydrogen-bond acceptors (Lipinski definition) is 2. The Hall–Kier alpha value is -1.23. The number of benzene rings is 1. The lowest BCUT2D eigenvalue weighted by atomic mass is 9.73. The third-order valence-corrected chi connectivity index (χ3v) is 4.45.